The molecule has 4 nitrogen and oxygen atoms in total. The van der Waals surface area contributed by atoms with Crippen LogP contribution in [0.4, 0.5) is 0 Å². The summed E-state index contributed by atoms with van der Waals surface area (Å²) in [6, 6.07) is 0. The van der Waals surface area contributed by atoms with Gasteiger partial charge in [-0.15, -0.1) is 0 Å². The van der Waals surface area contributed by atoms with Gasteiger partial charge in [-0.25, -0.2) is 0 Å². The van der Waals surface area contributed by atoms with Crippen molar-refractivity contribution in [2.24, 2.45) is 0 Å². The Morgan fingerprint density at radius 1 is 1.40 bits per heavy atom. The van der Waals surface area contributed by atoms with E-state index in [1.165, 1.54) is 22.4 Å². The van der Waals surface area contributed by atoms with E-state index in [4.69, 9.17) is 13.2 Å². The van der Waals surface area contributed by atoms with Crippen LogP contribution in [0.25, 0.3) is 0 Å². The molecule has 82 valence electrons. The largest absolute Gasteiger partial charge is 0.504 e. The maximum absolute atomic E-state index is 8.35. The third-order valence-corrected chi connectivity index (χ3v) is 2.13. The Labute approximate surface area is 91.6 Å². The standard InChI is InChI=1S/C10H11NO.HO2S/c1-11-10-5-7-3-4-8(10)9(7)6-12-2;1-3-2/h3-6,11H,1-2H3;3H/q;-1. The van der Waals surface area contributed by atoms with Gasteiger partial charge in [0.2, 0.25) is 0 Å². The van der Waals surface area contributed by atoms with Gasteiger partial charge in [0.15, 0.2) is 0 Å². The first-order valence-electron chi connectivity index (χ1n) is 4.29. The van der Waals surface area contributed by atoms with E-state index in [0.717, 1.165) is 0 Å². The van der Waals surface area contributed by atoms with Gasteiger partial charge in [0.1, 0.15) is 0 Å². The molecule has 2 rings (SSSR count). The summed E-state index contributed by atoms with van der Waals surface area (Å²) in [4.78, 5) is 0. The predicted molar refractivity (Wildman–Crippen MR) is 58.5 cm³/mol. The Bertz CT molecular complexity index is 412. The third-order valence-electron chi connectivity index (χ3n) is 2.13. The molecule has 0 atom stereocenters. The topological polar surface area (TPSA) is 55.4 Å². The Hall–Kier alpha value is -1.49. The van der Waals surface area contributed by atoms with Crippen LogP contribution < -0.4 is 5.32 Å². The van der Waals surface area contributed by atoms with E-state index in [-0.39, 0.29) is 0 Å². The minimum absolute atomic E-state index is 1.08. The van der Waals surface area contributed by atoms with Crippen LogP contribution in [0.15, 0.2) is 46.9 Å². The van der Waals surface area contributed by atoms with Crippen LogP contribution in [0.5, 0.6) is 0 Å². The molecule has 2 bridgehead atoms. The molecule has 1 N–H and O–H groups in total. The van der Waals surface area contributed by atoms with Crippen molar-refractivity contribution in [3.8, 4) is 0 Å². The minimum Gasteiger partial charge on any atom is -0.504 e. The summed E-state index contributed by atoms with van der Waals surface area (Å²) in [5.74, 6) is 0. The molecule has 15 heavy (non-hydrogen) atoms. The first-order valence-corrected chi connectivity index (χ1v) is 5.02. The maximum Gasteiger partial charge on any atom is 0.0909 e. The zero-order chi connectivity index (χ0) is 11.3. The first-order chi connectivity index (χ1) is 7.28. The second-order valence-corrected chi connectivity index (χ2v) is 3.00. The molecule has 0 radical (unpaired) electrons. The number of ether oxygens (including phenoxy) is 1. The zero-order valence-electron chi connectivity index (χ0n) is 8.48. The monoisotopic (exact) mass is 226 g/mol. The van der Waals surface area contributed by atoms with Gasteiger partial charge in [-0.2, -0.15) is 0 Å². The predicted octanol–water partition coefficient (Wildman–Crippen LogP) is 0.992. The van der Waals surface area contributed by atoms with Crippen molar-refractivity contribution in [3.05, 3.63) is 46.9 Å². The lowest BCUT2D eigenvalue weighted by molar-refractivity contribution is 0.336. The van der Waals surface area contributed by atoms with Gasteiger partial charge >= 0.3 is 0 Å². The Morgan fingerprint density at radius 2 is 2.07 bits per heavy atom. The molecule has 0 spiro atoms. The minimum atomic E-state index is -1.08. The fraction of sp³-hybridized carbons (Fsp3) is 0.200. The molecule has 0 aromatic carbocycles. The van der Waals surface area contributed by atoms with Gasteiger partial charge in [0.05, 0.1) is 13.4 Å². The summed E-state index contributed by atoms with van der Waals surface area (Å²) < 4.78 is 21.7. The van der Waals surface area contributed by atoms with Crippen molar-refractivity contribution in [1.29, 1.82) is 0 Å². The smallest absolute Gasteiger partial charge is 0.0909 e. The molecular formula is C10H12NO3S-. The van der Waals surface area contributed by atoms with Gasteiger partial charge in [-0.1, -0.05) is 23.7 Å². The fourth-order valence-electron chi connectivity index (χ4n) is 1.56. The average molecular weight is 226 g/mol. The number of nitrogens with one attached hydrogen (secondary N) is 1. The SMILES string of the molecule is CNC1=C2C=CC(=C1)C2=COC.O=[SH-]=O. The Kier molecular flexibility index (Phi) is 4.17. The third kappa shape index (κ3) is 2.30. The lowest BCUT2D eigenvalue weighted by Crippen LogP contribution is -2.03. The molecule has 2 aliphatic carbocycles. The highest BCUT2D eigenvalue weighted by Crippen LogP contribution is 2.37. The molecule has 2 aliphatic rings. The van der Waals surface area contributed by atoms with Crippen molar-refractivity contribution >= 4 is 11.6 Å². The zero-order valence-corrected chi connectivity index (χ0v) is 9.38. The summed E-state index contributed by atoms with van der Waals surface area (Å²) in [6.07, 6.45) is 8.11. The van der Waals surface area contributed by atoms with E-state index < -0.39 is 11.6 Å². The van der Waals surface area contributed by atoms with Crippen LogP contribution >= 0.6 is 0 Å². The molecule has 0 amide bonds. The first kappa shape index (κ1) is 11.6. The normalized spacial score (nSPS) is 18.8. The number of fused-ring (bicyclic) bond motifs is 2. The maximum atomic E-state index is 8.35. The van der Waals surface area contributed by atoms with Crippen molar-refractivity contribution in [3.63, 3.8) is 0 Å². The van der Waals surface area contributed by atoms with Crippen LogP contribution in [0.3, 0.4) is 0 Å². The van der Waals surface area contributed by atoms with Crippen LogP contribution in [-0.4, -0.2) is 14.2 Å². The van der Waals surface area contributed by atoms with Gasteiger partial charge in [0.25, 0.3) is 0 Å². The highest BCUT2D eigenvalue weighted by molar-refractivity contribution is 7.51. The van der Waals surface area contributed by atoms with E-state index in [1.807, 2.05) is 7.05 Å². The van der Waals surface area contributed by atoms with Gasteiger partial charge in [-0.3, -0.25) is 0 Å². The van der Waals surface area contributed by atoms with Crippen molar-refractivity contribution < 1.29 is 13.2 Å². The summed E-state index contributed by atoms with van der Waals surface area (Å²) in [6.45, 7) is 0. The molecule has 5 heteroatoms. The summed E-state index contributed by atoms with van der Waals surface area (Å²) in [7, 11) is 3.60. The molecular weight excluding hydrogens is 214 g/mol. The van der Waals surface area contributed by atoms with Crippen LogP contribution in [0, 0.1) is 0 Å². The van der Waals surface area contributed by atoms with Crippen LogP contribution in [-0.2, 0) is 24.7 Å². The van der Waals surface area contributed by atoms with E-state index >= 15 is 0 Å². The number of hydrogen-bond donors (Lipinski definition) is 1. The number of hydrogen-bond acceptors (Lipinski definition) is 5. The number of allylic oxidation sites excluding steroid dienone is 6. The lowest BCUT2D eigenvalue weighted by Gasteiger charge is -2.00. The second-order valence-electron chi connectivity index (χ2n) is 2.85. The number of thiol groups is 1. The molecule has 0 unspecified atom stereocenters. The number of rotatable bonds is 2. The quantitative estimate of drug-likeness (QED) is 0.433. The van der Waals surface area contributed by atoms with E-state index in [1.54, 1.807) is 13.4 Å². The lowest BCUT2D eigenvalue weighted by atomic mass is 10.2. The van der Waals surface area contributed by atoms with Gasteiger partial charge in [-0.05, 0) is 11.6 Å². The van der Waals surface area contributed by atoms with E-state index in [0.29, 0.717) is 0 Å². The molecule has 0 aromatic heterocycles. The Balaban J connectivity index is 0.000000337. The average Bonchev–Trinajstić information content (AvgIpc) is 2.77. The fourth-order valence-corrected chi connectivity index (χ4v) is 1.56. The van der Waals surface area contributed by atoms with Crippen LogP contribution in [0.1, 0.15) is 0 Å². The highest BCUT2D eigenvalue weighted by atomic mass is 32.1. The molecule has 0 saturated carbocycles. The van der Waals surface area contributed by atoms with Gasteiger partial charge in [0, 0.05) is 23.9 Å². The molecule has 0 saturated heterocycles. The van der Waals surface area contributed by atoms with E-state index in [9.17, 15) is 0 Å². The summed E-state index contributed by atoms with van der Waals surface area (Å²) in [5, 5.41) is 3.14. The highest BCUT2D eigenvalue weighted by Gasteiger charge is 2.22. The molecule has 0 aromatic rings. The molecule has 0 aliphatic heterocycles. The van der Waals surface area contributed by atoms with Crippen molar-refractivity contribution in [2.75, 3.05) is 14.2 Å². The van der Waals surface area contributed by atoms with Crippen molar-refractivity contribution in [1.82, 2.24) is 5.32 Å². The van der Waals surface area contributed by atoms with Crippen LogP contribution in [0.2, 0.25) is 0 Å². The summed E-state index contributed by atoms with van der Waals surface area (Å²) in [5.41, 5.74) is 4.82. The number of likely N-dealkylation sites (N-methyl/N-ethyl adjacent to an activating group) is 1. The molecule has 0 heterocycles. The second kappa shape index (κ2) is 5.41. The number of methoxy groups -OCH3 is 1. The Morgan fingerprint density at radius 3 is 2.53 bits per heavy atom. The molecule has 0 fully saturated rings. The van der Waals surface area contributed by atoms with Crippen molar-refractivity contribution in [2.45, 2.75) is 0 Å². The summed E-state index contributed by atoms with van der Waals surface area (Å²) >= 11 is -1.08. The van der Waals surface area contributed by atoms with E-state index in [2.05, 4.69) is 23.5 Å². The van der Waals surface area contributed by atoms with Gasteiger partial charge < -0.3 is 18.5 Å².